The summed E-state index contributed by atoms with van der Waals surface area (Å²) < 4.78 is 6.36. The summed E-state index contributed by atoms with van der Waals surface area (Å²) in [4.78, 5) is 12.2. The molecule has 1 atom stereocenters. The van der Waals surface area contributed by atoms with Gasteiger partial charge in [-0.25, -0.2) is 0 Å². The van der Waals surface area contributed by atoms with Crippen molar-refractivity contribution >= 4 is 28.5 Å². The van der Waals surface area contributed by atoms with Gasteiger partial charge < -0.3 is 10.1 Å². The molecule has 0 aliphatic rings. The lowest BCUT2D eigenvalue weighted by molar-refractivity contribution is 0.0939. The molecule has 2 rings (SSSR count). The number of amides is 1. The molecule has 0 bridgehead atoms. The van der Waals surface area contributed by atoms with Crippen LogP contribution >= 0.6 is 22.6 Å². The molecular weight excluding hydrogens is 365 g/mol. The molecule has 0 fully saturated rings. The fraction of sp³-hybridized carbons (Fsp3) is 0.188. The van der Waals surface area contributed by atoms with E-state index in [-0.39, 0.29) is 11.9 Å². The van der Waals surface area contributed by atoms with Crippen LogP contribution in [0.5, 0.6) is 5.75 Å². The topological polar surface area (TPSA) is 38.3 Å². The smallest absolute Gasteiger partial charge is 0.251 e. The molecule has 104 valence electrons. The van der Waals surface area contributed by atoms with Crippen LogP contribution in [0.1, 0.15) is 28.9 Å². The molecule has 1 unspecified atom stereocenters. The first kappa shape index (κ1) is 14.8. The van der Waals surface area contributed by atoms with Crippen molar-refractivity contribution < 1.29 is 9.53 Å². The molecule has 0 aliphatic heterocycles. The molecule has 2 aromatic carbocycles. The summed E-state index contributed by atoms with van der Waals surface area (Å²) in [6.07, 6.45) is 0. The van der Waals surface area contributed by atoms with Crippen LogP contribution in [0.15, 0.2) is 48.5 Å². The van der Waals surface area contributed by atoms with Gasteiger partial charge in [0.15, 0.2) is 0 Å². The lowest BCUT2D eigenvalue weighted by atomic mass is 10.1. The van der Waals surface area contributed by atoms with E-state index < -0.39 is 0 Å². The average molecular weight is 381 g/mol. The van der Waals surface area contributed by atoms with Crippen molar-refractivity contribution in [1.29, 1.82) is 0 Å². The Balaban J connectivity index is 2.15. The van der Waals surface area contributed by atoms with Gasteiger partial charge in [-0.2, -0.15) is 0 Å². The number of methoxy groups -OCH3 is 1. The van der Waals surface area contributed by atoms with E-state index >= 15 is 0 Å². The maximum atomic E-state index is 12.2. The Morgan fingerprint density at radius 1 is 1.20 bits per heavy atom. The van der Waals surface area contributed by atoms with Gasteiger partial charge >= 0.3 is 0 Å². The molecule has 1 N–H and O–H groups in total. The number of nitrogens with one attached hydrogen (secondary N) is 1. The van der Waals surface area contributed by atoms with Crippen molar-refractivity contribution in [3.8, 4) is 5.75 Å². The first-order valence-corrected chi connectivity index (χ1v) is 7.39. The van der Waals surface area contributed by atoms with Crippen molar-refractivity contribution in [1.82, 2.24) is 5.32 Å². The van der Waals surface area contributed by atoms with E-state index in [0.717, 1.165) is 14.9 Å². The van der Waals surface area contributed by atoms with Crippen LogP contribution in [0.4, 0.5) is 0 Å². The Hall–Kier alpha value is -1.56. The second-order valence-corrected chi connectivity index (χ2v) is 5.69. The van der Waals surface area contributed by atoms with E-state index in [1.807, 2.05) is 55.5 Å². The molecule has 0 saturated carbocycles. The number of halogens is 1. The third-order valence-electron chi connectivity index (χ3n) is 3.04. The van der Waals surface area contributed by atoms with Crippen LogP contribution in [0.2, 0.25) is 0 Å². The lowest BCUT2D eigenvalue weighted by Crippen LogP contribution is -2.26. The van der Waals surface area contributed by atoms with Gasteiger partial charge in [0.1, 0.15) is 5.75 Å². The number of hydrogen-bond donors (Lipinski definition) is 1. The minimum absolute atomic E-state index is 0.0816. The zero-order valence-electron chi connectivity index (χ0n) is 11.4. The average Bonchev–Trinajstić information content (AvgIpc) is 2.47. The summed E-state index contributed by atoms with van der Waals surface area (Å²) in [5, 5.41) is 2.99. The van der Waals surface area contributed by atoms with Gasteiger partial charge in [0.05, 0.1) is 13.2 Å². The summed E-state index contributed by atoms with van der Waals surface area (Å²) in [5.41, 5.74) is 1.63. The minimum atomic E-state index is -0.114. The molecular formula is C16H16INO2. The van der Waals surface area contributed by atoms with E-state index in [1.165, 1.54) is 0 Å². The maximum Gasteiger partial charge on any atom is 0.251 e. The Bertz CT molecular complexity index is 613. The number of benzene rings is 2. The Morgan fingerprint density at radius 2 is 1.95 bits per heavy atom. The van der Waals surface area contributed by atoms with Gasteiger partial charge in [0.2, 0.25) is 0 Å². The van der Waals surface area contributed by atoms with Crippen LogP contribution in [0, 0.1) is 3.57 Å². The van der Waals surface area contributed by atoms with Crippen molar-refractivity contribution in [3.63, 3.8) is 0 Å². The van der Waals surface area contributed by atoms with Gasteiger partial charge in [0.25, 0.3) is 5.91 Å². The summed E-state index contributed by atoms with van der Waals surface area (Å²) in [5.74, 6) is 0.699. The summed E-state index contributed by atoms with van der Waals surface area (Å²) >= 11 is 2.20. The molecule has 2 aromatic rings. The quantitative estimate of drug-likeness (QED) is 0.819. The highest BCUT2D eigenvalue weighted by Crippen LogP contribution is 2.24. The van der Waals surface area contributed by atoms with Crippen LogP contribution in [0.25, 0.3) is 0 Å². The van der Waals surface area contributed by atoms with Crippen LogP contribution in [-0.4, -0.2) is 13.0 Å². The van der Waals surface area contributed by atoms with Crippen LogP contribution in [-0.2, 0) is 0 Å². The van der Waals surface area contributed by atoms with Gasteiger partial charge in [-0.1, -0.05) is 24.3 Å². The zero-order chi connectivity index (χ0) is 14.5. The molecule has 0 heterocycles. The summed E-state index contributed by atoms with van der Waals surface area (Å²) in [6.45, 7) is 1.95. The molecule has 0 radical (unpaired) electrons. The van der Waals surface area contributed by atoms with Crippen molar-refractivity contribution in [2.45, 2.75) is 13.0 Å². The fourth-order valence-electron chi connectivity index (χ4n) is 2.01. The second kappa shape index (κ2) is 6.74. The zero-order valence-corrected chi connectivity index (χ0v) is 13.5. The number of para-hydroxylation sites is 1. The molecule has 0 saturated heterocycles. The fourth-order valence-corrected chi connectivity index (χ4v) is 2.55. The standard InChI is InChI=1S/C16H16INO2/c1-11(14-8-3-4-9-15(14)20-2)18-16(19)12-6-5-7-13(17)10-12/h3-11H,1-2H3,(H,18,19). The van der Waals surface area contributed by atoms with Gasteiger partial charge in [-0.05, 0) is 53.8 Å². The largest absolute Gasteiger partial charge is 0.496 e. The first-order valence-electron chi connectivity index (χ1n) is 6.31. The number of ether oxygens (including phenoxy) is 1. The van der Waals surface area contributed by atoms with E-state index in [2.05, 4.69) is 27.9 Å². The monoisotopic (exact) mass is 381 g/mol. The van der Waals surface area contributed by atoms with Crippen LogP contribution in [0.3, 0.4) is 0 Å². The number of hydrogen-bond acceptors (Lipinski definition) is 2. The number of carbonyl (C=O) groups is 1. The van der Waals surface area contributed by atoms with Crippen molar-refractivity contribution in [2.24, 2.45) is 0 Å². The van der Waals surface area contributed by atoms with Gasteiger partial charge in [0, 0.05) is 14.7 Å². The van der Waals surface area contributed by atoms with Gasteiger partial charge in [-0.3, -0.25) is 4.79 Å². The molecule has 3 nitrogen and oxygen atoms in total. The van der Waals surface area contributed by atoms with Crippen molar-refractivity contribution in [2.75, 3.05) is 7.11 Å². The Kier molecular flexibility index (Phi) is 5.00. The Morgan fingerprint density at radius 3 is 2.65 bits per heavy atom. The van der Waals surface area contributed by atoms with E-state index in [1.54, 1.807) is 7.11 Å². The molecule has 20 heavy (non-hydrogen) atoms. The summed E-state index contributed by atoms with van der Waals surface area (Å²) in [7, 11) is 1.63. The van der Waals surface area contributed by atoms with Gasteiger partial charge in [-0.15, -0.1) is 0 Å². The van der Waals surface area contributed by atoms with E-state index in [0.29, 0.717) is 5.56 Å². The highest BCUT2D eigenvalue weighted by atomic mass is 127. The van der Waals surface area contributed by atoms with E-state index in [4.69, 9.17) is 4.74 Å². The maximum absolute atomic E-state index is 12.2. The molecule has 0 spiro atoms. The number of carbonyl (C=O) groups excluding carboxylic acids is 1. The SMILES string of the molecule is COc1ccccc1C(C)NC(=O)c1cccc(I)c1. The van der Waals surface area contributed by atoms with Crippen LogP contribution < -0.4 is 10.1 Å². The normalized spacial score (nSPS) is 11.8. The minimum Gasteiger partial charge on any atom is -0.496 e. The molecule has 0 aliphatic carbocycles. The van der Waals surface area contributed by atoms with E-state index in [9.17, 15) is 4.79 Å². The molecule has 1 amide bonds. The first-order chi connectivity index (χ1) is 9.61. The highest BCUT2D eigenvalue weighted by Gasteiger charge is 2.14. The highest BCUT2D eigenvalue weighted by molar-refractivity contribution is 14.1. The predicted molar refractivity (Wildman–Crippen MR) is 88.0 cm³/mol. The molecule has 0 aromatic heterocycles. The predicted octanol–water partition coefficient (Wildman–Crippen LogP) is 3.79. The molecule has 4 heteroatoms. The summed E-state index contributed by atoms with van der Waals surface area (Å²) in [6, 6.07) is 15.1. The van der Waals surface area contributed by atoms with Crippen molar-refractivity contribution in [3.05, 3.63) is 63.2 Å². The number of rotatable bonds is 4. The second-order valence-electron chi connectivity index (χ2n) is 4.45. The third-order valence-corrected chi connectivity index (χ3v) is 3.71. The third kappa shape index (κ3) is 3.50. The lowest BCUT2D eigenvalue weighted by Gasteiger charge is -2.17. The Labute approximate surface area is 132 Å².